The summed E-state index contributed by atoms with van der Waals surface area (Å²) in [5.41, 5.74) is 2.38. The average molecular weight is 277 g/mol. The minimum absolute atomic E-state index is 0.695. The molecule has 0 fully saturated rings. The molecule has 0 bridgehead atoms. The Bertz CT molecular complexity index is 401. The van der Waals surface area contributed by atoms with Crippen LogP contribution in [0.25, 0.3) is 0 Å². The highest BCUT2D eigenvalue weighted by molar-refractivity contribution is 5.79. The van der Waals surface area contributed by atoms with E-state index in [1.165, 1.54) is 11.1 Å². The lowest BCUT2D eigenvalue weighted by atomic mass is 10.1. The summed E-state index contributed by atoms with van der Waals surface area (Å²) in [6.07, 6.45) is 0.911. The Morgan fingerprint density at radius 1 is 1.10 bits per heavy atom. The first-order valence-corrected chi connectivity index (χ1v) is 7.40. The second kappa shape index (κ2) is 9.23. The molecule has 0 amide bonds. The van der Waals surface area contributed by atoms with Crippen LogP contribution in [0.5, 0.6) is 5.75 Å². The van der Waals surface area contributed by atoms with Gasteiger partial charge in [0.05, 0.1) is 6.61 Å². The quantitative estimate of drug-likeness (QED) is 0.457. The zero-order valence-corrected chi connectivity index (χ0v) is 13.1. The molecule has 0 aliphatic carbocycles. The third-order valence-corrected chi connectivity index (χ3v) is 2.92. The first-order valence-electron chi connectivity index (χ1n) is 7.40. The number of benzene rings is 1. The van der Waals surface area contributed by atoms with Crippen LogP contribution >= 0.6 is 0 Å². The van der Waals surface area contributed by atoms with Crippen molar-refractivity contribution < 1.29 is 4.74 Å². The maximum absolute atomic E-state index is 5.86. The van der Waals surface area contributed by atoms with E-state index in [1.54, 1.807) is 0 Å². The van der Waals surface area contributed by atoms with E-state index in [0.29, 0.717) is 6.61 Å². The third kappa shape index (κ3) is 5.51. The fraction of sp³-hybridized carbons (Fsp3) is 0.562. The monoisotopic (exact) mass is 277 g/mol. The number of para-hydroxylation sites is 1. The second-order valence-electron chi connectivity index (χ2n) is 4.71. The van der Waals surface area contributed by atoms with Crippen LogP contribution in [0, 0.1) is 13.8 Å². The highest BCUT2D eigenvalue weighted by Crippen LogP contribution is 2.22. The lowest BCUT2D eigenvalue weighted by Gasteiger charge is -2.12. The maximum atomic E-state index is 5.86. The molecular weight excluding hydrogens is 250 g/mol. The molecule has 0 heterocycles. The van der Waals surface area contributed by atoms with Gasteiger partial charge in [-0.1, -0.05) is 18.2 Å². The van der Waals surface area contributed by atoms with Gasteiger partial charge < -0.3 is 15.4 Å². The van der Waals surface area contributed by atoms with Gasteiger partial charge >= 0.3 is 0 Å². The number of rotatable bonds is 7. The van der Waals surface area contributed by atoms with Crippen molar-refractivity contribution in [1.82, 2.24) is 10.6 Å². The molecule has 0 radical (unpaired) electrons. The zero-order chi connectivity index (χ0) is 14.8. The van der Waals surface area contributed by atoms with Gasteiger partial charge in [0.2, 0.25) is 0 Å². The molecular formula is C16H27N3O. The Kier molecular flexibility index (Phi) is 7.55. The summed E-state index contributed by atoms with van der Waals surface area (Å²) >= 11 is 0. The second-order valence-corrected chi connectivity index (χ2v) is 4.71. The van der Waals surface area contributed by atoms with Crippen molar-refractivity contribution in [3.05, 3.63) is 29.3 Å². The summed E-state index contributed by atoms with van der Waals surface area (Å²) in [5.74, 6) is 1.89. The van der Waals surface area contributed by atoms with Crippen LogP contribution in [0.3, 0.4) is 0 Å². The lowest BCUT2D eigenvalue weighted by Crippen LogP contribution is -2.37. The molecule has 0 aliphatic heterocycles. The largest absolute Gasteiger partial charge is 0.493 e. The zero-order valence-electron chi connectivity index (χ0n) is 13.1. The predicted molar refractivity (Wildman–Crippen MR) is 85.7 cm³/mol. The number of aliphatic imine (C=N–C) groups is 1. The van der Waals surface area contributed by atoms with Crippen molar-refractivity contribution in [1.29, 1.82) is 0 Å². The van der Waals surface area contributed by atoms with E-state index >= 15 is 0 Å². The molecule has 0 aliphatic rings. The van der Waals surface area contributed by atoms with Gasteiger partial charge in [0, 0.05) is 26.1 Å². The van der Waals surface area contributed by atoms with Gasteiger partial charge in [-0.05, 0) is 38.8 Å². The van der Waals surface area contributed by atoms with Gasteiger partial charge in [0.15, 0.2) is 5.96 Å². The van der Waals surface area contributed by atoms with E-state index in [4.69, 9.17) is 4.74 Å². The smallest absolute Gasteiger partial charge is 0.191 e. The summed E-state index contributed by atoms with van der Waals surface area (Å²) < 4.78 is 5.86. The van der Waals surface area contributed by atoms with Gasteiger partial charge in [-0.3, -0.25) is 4.99 Å². The average Bonchev–Trinajstić information content (AvgIpc) is 2.41. The summed E-state index contributed by atoms with van der Waals surface area (Å²) in [4.78, 5) is 4.49. The van der Waals surface area contributed by atoms with Crippen LogP contribution in [0.4, 0.5) is 0 Å². The van der Waals surface area contributed by atoms with Crippen LogP contribution in [-0.2, 0) is 0 Å². The van der Waals surface area contributed by atoms with E-state index in [1.807, 2.05) is 0 Å². The molecule has 112 valence electrons. The highest BCUT2D eigenvalue weighted by Gasteiger charge is 2.02. The number of nitrogens with zero attached hydrogens (tertiary/aromatic N) is 1. The van der Waals surface area contributed by atoms with Gasteiger partial charge in [0.25, 0.3) is 0 Å². The Hall–Kier alpha value is -1.71. The molecule has 0 aromatic heterocycles. The number of guanidine groups is 1. The summed E-state index contributed by atoms with van der Waals surface area (Å²) in [7, 11) is 0. The first-order chi connectivity index (χ1) is 9.69. The van der Waals surface area contributed by atoms with E-state index in [9.17, 15) is 0 Å². The molecule has 0 unspecified atom stereocenters. The van der Waals surface area contributed by atoms with E-state index < -0.39 is 0 Å². The van der Waals surface area contributed by atoms with Crippen molar-refractivity contribution in [3.8, 4) is 5.75 Å². The Balaban J connectivity index is 2.36. The van der Waals surface area contributed by atoms with Gasteiger partial charge in [-0.2, -0.15) is 0 Å². The number of hydrogen-bond donors (Lipinski definition) is 2. The van der Waals surface area contributed by atoms with Crippen LogP contribution in [-0.4, -0.2) is 32.2 Å². The van der Waals surface area contributed by atoms with E-state index in [2.05, 4.69) is 61.5 Å². The molecule has 0 saturated carbocycles. The Morgan fingerprint density at radius 3 is 2.25 bits per heavy atom. The molecule has 4 nitrogen and oxygen atoms in total. The molecule has 1 rings (SSSR count). The summed E-state index contributed by atoms with van der Waals surface area (Å²) in [6, 6.07) is 6.21. The number of ether oxygens (including phenoxy) is 1. The Labute approximate surface area is 122 Å². The molecule has 0 spiro atoms. The van der Waals surface area contributed by atoms with Crippen molar-refractivity contribution >= 4 is 5.96 Å². The van der Waals surface area contributed by atoms with Crippen LogP contribution in [0.15, 0.2) is 23.2 Å². The maximum Gasteiger partial charge on any atom is 0.191 e. The van der Waals surface area contributed by atoms with Gasteiger partial charge in [-0.25, -0.2) is 0 Å². The normalized spacial score (nSPS) is 10.0. The molecule has 0 saturated heterocycles. The number of nitrogens with one attached hydrogen (secondary N) is 2. The predicted octanol–water partition coefficient (Wildman–Crippen LogP) is 2.65. The van der Waals surface area contributed by atoms with Crippen LogP contribution < -0.4 is 15.4 Å². The third-order valence-electron chi connectivity index (χ3n) is 2.92. The van der Waals surface area contributed by atoms with Crippen LogP contribution in [0.1, 0.15) is 31.4 Å². The topological polar surface area (TPSA) is 45.7 Å². The first kappa shape index (κ1) is 16.3. The highest BCUT2D eigenvalue weighted by atomic mass is 16.5. The SMILES string of the molecule is CCNC(=NCCCOc1c(C)cccc1C)NCC. The van der Waals surface area contributed by atoms with Crippen molar-refractivity contribution in [3.63, 3.8) is 0 Å². The number of aryl methyl sites for hydroxylation is 2. The lowest BCUT2D eigenvalue weighted by molar-refractivity contribution is 0.309. The molecule has 20 heavy (non-hydrogen) atoms. The minimum atomic E-state index is 0.695. The van der Waals surface area contributed by atoms with Gasteiger partial charge in [0.1, 0.15) is 5.75 Å². The molecule has 0 atom stereocenters. The van der Waals surface area contributed by atoms with Crippen molar-refractivity contribution in [2.24, 2.45) is 4.99 Å². The fourth-order valence-corrected chi connectivity index (χ4v) is 1.97. The Morgan fingerprint density at radius 2 is 1.70 bits per heavy atom. The number of hydrogen-bond acceptors (Lipinski definition) is 2. The van der Waals surface area contributed by atoms with Gasteiger partial charge in [-0.15, -0.1) is 0 Å². The van der Waals surface area contributed by atoms with Crippen LogP contribution in [0.2, 0.25) is 0 Å². The van der Waals surface area contributed by atoms with E-state index in [0.717, 1.165) is 37.8 Å². The molecule has 2 N–H and O–H groups in total. The summed E-state index contributed by atoms with van der Waals surface area (Å²) in [5, 5.41) is 6.42. The molecule has 1 aromatic carbocycles. The molecule has 4 heteroatoms. The molecule has 1 aromatic rings. The van der Waals surface area contributed by atoms with Crippen molar-refractivity contribution in [2.45, 2.75) is 34.1 Å². The fourth-order valence-electron chi connectivity index (χ4n) is 1.97. The standard InChI is InChI=1S/C16H27N3O/c1-5-17-16(18-6-2)19-11-8-12-20-15-13(3)9-7-10-14(15)4/h7,9-10H,5-6,8,11-12H2,1-4H3,(H2,17,18,19). The van der Waals surface area contributed by atoms with Crippen molar-refractivity contribution in [2.75, 3.05) is 26.2 Å². The van der Waals surface area contributed by atoms with E-state index in [-0.39, 0.29) is 0 Å². The summed E-state index contributed by atoms with van der Waals surface area (Å²) in [6.45, 7) is 11.5. The minimum Gasteiger partial charge on any atom is -0.493 e.